The fourth-order valence-corrected chi connectivity index (χ4v) is 3.11. The highest BCUT2D eigenvalue weighted by molar-refractivity contribution is 5.76. The Kier molecular flexibility index (Phi) is 13.7. The number of alkyl halides is 3. The second-order valence-electron chi connectivity index (χ2n) is 8.38. The molecule has 37 heavy (non-hydrogen) atoms. The van der Waals surface area contributed by atoms with Crippen molar-refractivity contribution in [1.82, 2.24) is 15.6 Å². The predicted molar refractivity (Wildman–Crippen MR) is 128 cm³/mol. The van der Waals surface area contributed by atoms with Gasteiger partial charge in [0.1, 0.15) is 12.6 Å². The van der Waals surface area contributed by atoms with E-state index in [9.17, 15) is 22.8 Å². The number of alkyl carbamates (subject to hydrolysis) is 1. The molecule has 204 valence electrons. The summed E-state index contributed by atoms with van der Waals surface area (Å²) in [4.78, 5) is 37.5. The molecule has 0 spiro atoms. The average Bonchev–Trinajstić information content (AvgIpc) is 2.85. The van der Waals surface area contributed by atoms with Gasteiger partial charge in [-0.1, -0.05) is 50.2 Å². The minimum absolute atomic E-state index is 0.186. The number of amides is 1. The van der Waals surface area contributed by atoms with Crippen LogP contribution >= 0.6 is 0 Å². The van der Waals surface area contributed by atoms with E-state index in [-0.39, 0.29) is 18.6 Å². The van der Waals surface area contributed by atoms with Gasteiger partial charge in [-0.25, -0.2) is 9.59 Å². The Labute approximate surface area is 213 Å². The van der Waals surface area contributed by atoms with Crippen LogP contribution in [0.15, 0.2) is 54.9 Å². The van der Waals surface area contributed by atoms with Crippen LogP contribution in [0.1, 0.15) is 31.4 Å². The van der Waals surface area contributed by atoms with Gasteiger partial charge in [0.15, 0.2) is 0 Å². The molecular weight excluding hydrogens is 495 g/mol. The molecule has 0 aliphatic heterocycles. The number of nitrogens with zero attached hydrogens (tertiary/aromatic N) is 1. The zero-order chi connectivity index (χ0) is 27.8. The Morgan fingerprint density at radius 2 is 1.68 bits per heavy atom. The first kappa shape index (κ1) is 31.4. The van der Waals surface area contributed by atoms with E-state index in [4.69, 9.17) is 19.4 Å². The minimum atomic E-state index is -5.08. The molecular formula is C25H32F3N3O6. The summed E-state index contributed by atoms with van der Waals surface area (Å²) in [5, 5.41) is 13.3. The van der Waals surface area contributed by atoms with Gasteiger partial charge >= 0.3 is 24.2 Å². The Morgan fingerprint density at radius 1 is 1.05 bits per heavy atom. The number of rotatable bonds is 11. The van der Waals surface area contributed by atoms with Crippen molar-refractivity contribution in [3.63, 3.8) is 0 Å². The number of nitrogens with one attached hydrogen (secondary N) is 2. The molecule has 1 aromatic heterocycles. The summed E-state index contributed by atoms with van der Waals surface area (Å²) >= 11 is 0. The summed E-state index contributed by atoms with van der Waals surface area (Å²) < 4.78 is 42.0. The normalized spacial score (nSPS) is 12.5. The highest BCUT2D eigenvalue weighted by atomic mass is 19.4. The highest BCUT2D eigenvalue weighted by Crippen LogP contribution is 2.13. The molecule has 2 rings (SSSR count). The Hall–Kier alpha value is -3.67. The minimum Gasteiger partial charge on any atom is -0.475 e. The lowest BCUT2D eigenvalue weighted by atomic mass is 10.0. The summed E-state index contributed by atoms with van der Waals surface area (Å²) in [6, 6.07) is 12.5. The molecule has 1 aromatic carbocycles. The molecule has 0 radical (unpaired) electrons. The van der Waals surface area contributed by atoms with Crippen molar-refractivity contribution in [3.8, 4) is 0 Å². The number of aliphatic carboxylic acids is 1. The van der Waals surface area contributed by atoms with Gasteiger partial charge in [-0.2, -0.15) is 13.2 Å². The molecule has 0 saturated heterocycles. The molecule has 1 amide bonds. The molecule has 3 N–H and O–H groups in total. The molecule has 9 nitrogen and oxygen atoms in total. The van der Waals surface area contributed by atoms with Crippen molar-refractivity contribution in [3.05, 3.63) is 66.0 Å². The molecule has 2 aromatic rings. The van der Waals surface area contributed by atoms with Crippen molar-refractivity contribution in [1.29, 1.82) is 0 Å². The van der Waals surface area contributed by atoms with Crippen molar-refractivity contribution < 1.29 is 42.1 Å². The lowest BCUT2D eigenvalue weighted by molar-refractivity contribution is -0.192. The number of hydrogen-bond donors (Lipinski definition) is 3. The van der Waals surface area contributed by atoms with Gasteiger partial charge in [0.05, 0.1) is 7.11 Å². The van der Waals surface area contributed by atoms with Crippen molar-refractivity contribution >= 4 is 18.0 Å². The van der Waals surface area contributed by atoms with Crippen LogP contribution in [0, 0.1) is 5.92 Å². The van der Waals surface area contributed by atoms with Crippen LogP contribution in [0.5, 0.6) is 0 Å². The number of carboxylic acids is 1. The molecule has 0 fully saturated rings. The van der Waals surface area contributed by atoms with Crippen LogP contribution in [0.25, 0.3) is 0 Å². The first-order valence-corrected chi connectivity index (χ1v) is 11.4. The van der Waals surface area contributed by atoms with E-state index >= 15 is 0 Å². The summed E-state index contributed by atoms with van der Waals surface area (Å²) in [5.74, 6) is -2.75. The number of ether oxygens (including phenoxy) is 2. The Bertz CT molecular complexity index is 959. The van der Waals surface area contributed by atoms with E-state index in [1.54, 1.807) is 12.4 Å². The number of esters is 1. The molecule has 1 heterocycles. The lowest BCUT2D eigenvalue weighted by Crippen LogP contribution is -2.48. The van der Waals surface area contributed by atoms with Crippen LogP contribution in [-0.4, -0.2) is 60.0 Å². The Balaban J connectivity index is 0.000000856. The van der Waals surface area contributed by atoms with Gasteiger partial charge < -0.3 is 25.2 Å². The van der Waals surface area contributed by atoms with Crippen LogP contribution in [0.4, 0.5) is 18.0 Å². The Morgan fingerprint density at radius 3 is 2.19 bits per heavy atom. The fraction of sp³-hybridized carbons (Fsp3) is 0.440. The van der Waals surface area contributed by atoms with Crippen LogP contribution in [0.3, 0.4) is 0 Å². The number of hydrogen-bond acceptors (Lipinski definition) is 7. The highest BCUT2D eigenvalue weighted by Gasteiger charge is 2.38. The topological polar surface area (TPSA) is 127 Å². The average molecular weight is 528 g/mol. The molecule has 2 atom stereocenters. The summed E-state index contributed by atoms with van der Waals surface area (Å²) in [6.45, 7) is 4.79. The number of aromatic nitrogens is 1. The molecule has 0 bridgehead atoms. The largest absolute Gasteiger partial charge is 0.490 e. The van der Waals surface area contributed by atoms with Gasteiger partial charge in [-0.15, -0.1) is 0 Å². The second-order valence-corrected chi connectivity index (χ2v) is 8.38. The first-order chi connectivity index (χ1) is 17.4. The smallest absolute Gasteiger partial charge is 0.475 e. The number of carbonyl (C=O) groups excluding carboxylic acids is 2. The van der Waals surface area contributed by atoms with Crippen LogP contribution in [0.2, 0.25) is 0 Å². The third-order valence-corrected chi connectivity index (χ3v) is 4.79. The van der Waals surface area contributed by atoms with Gasteiger partial charge in [-0.05, 0) is 36.0 Å². The number of carbonyl (C=O) groups is 3. The molecule has 0 aliphatic carbocycles. The zero-order valence-corrected chi connectivity index (χ0v) is 20.8. The summed E-state index contributed by atoms with van der Waals surface area (Å²) in [6.07, 6.45) is -0.953. The van der Waals surface area contributed by atoms with E-state index in [0.717, 1.165) is 17.5 Å². The SMILES string of the molecule is COC(=O)[C@H](Cc1cccnc1)NC[C@@H](CC(C)C)NC(=O)OCc1ccccc1.O=C(O)C(F)(F)F. The van der Waals surface area contributed by atoms with Gasteiger partial charge in [-0.3, -0.25) is 9.78 Å². The van der Waals surface area contributed by atoms with Crippen molar-refractivity contribution in [2.24, 2.45) is 5.92 Å². The maximum absolute atomic E-state index is 12.3. The van der Waals surface area contributed by atoms with E-state index in [1.807, 2.05) is 42.5 Å². The summed E-state index contributed by atoms with van der Waals surface area (Å²) in [5.41, 5.74) is 1.85. The number of halogens is 3. The number of pyridine rings is 1. The van der Waals surface area contributed by atoms with E-state index in [1.165, 1.54) is 7.11 Å². The van der Waals surface area contributed by atoms with Gasteiger partial charge in [0.2, 0.25) is 0 Å². The van der Waals surface area contributed by atoms with E-state index in [0.29, 0.717) is 18.9 Å². The first-order valence-electron chi connectivity index (χ1n) is 11.4. The van der Waals surface area contributed by atoms with Crippen molar-refractivity contribution in [2.75, 3.05) is 13.7 Å². The number of methoxy groups -OCH3 is 1. The molecule has 0 unspecified atom stereocenters. The maximum atomic E-state index is 12.3. The molecule has 0 saturated carbocycles. The van der Waals surface area contributed by atoms with Gasteiger partial charge in [0.25, 0.3) is 0 Å². The standard InChI is InChI=1S/C23H31N3O4.C2HF3O2/c1-17(2)12-20(26-23(28)30-16-18-8-5-4-6-9-18)15-25-21(22(27)29-3)13-19-10-7-11-24-14-19;3-2(4,5)1(6)7/h4-11,14,17,20-21,25H,12-13,15-16H2,1-3H3,(H,26,28);(H,6,7)/t20-,21+;/m1./s1. The summed E-state index contributed by atoms with van der Waals surface area (Å²) in [7, 11) is 1.37. The zero-order valence-electron chi connectivity index (χ0n) is 20.8. The third kappa shape index (κ3) is 13.9. The third-order valence-electron chi connectivity index (χ3n) is 4.79. The predicted octanol–water partition coefficient (Wildman–Crippen LogP) is 3.73. The van der Waals surface area contributed by atoms with Crippen LogP contribution < -0.4 is 10.6 Å². The van der Waals surface area contributed by atoms with Crippen LogP contribution in [-0.2, 0) is 32.1 Å². The van der Waals surface area contributed by atoms with Gasteiger partial charge in [0, 0.05) is 25.0 Å². The lowest BCUT2D eigenvalue weighted by Gasteiger charge is -2.24. The molecule has 0 aliphatic rings. The number of benzene rings is 1. The second kappa shape index (κ2) is 16.1. The maximum Gasteiger partial charge on any atom is 0.490 e. The van der Waals surface area contributed by atoms with E-state index < -0.39 is 24.3 Å². The fourth-order valence-electron chi connectivity index (χ4n) is 3.11. The quantitative estimate of drug-likeness (QED) is 0.378. The van der Waals surface area contributed by atoms with E-state index in [2.05, 4.69) is 29.5 Å². The van der Waals surface area contributed by atoms with Crippen molar-refractivity contribution in [2.45, 2.75) is 51.6 Å². The monoisotopic (exact) mass is 527 g/mol. The molecule has 12 heteroatoms. The number of carboxylic acid groups (broad SMARTS) is 1.